The number of hydrogen-bond donors (Lipinski definition) is 3. The van der Waals surface area contributed by atoms with Gasteiger partial charge in [-0.2, -0.15) is 0 Å². The van der Waals surface area contributed by atoms with Gasteiger partial charge in [0.2, 0.25) is 0 Å². The molecule has 6 atom stereocenters. The van der Waals surface area contributed by atoms with E-state index in [0.29, 0.717) is 18.4 Å². The molecule has 3 N–H and O–H groups in total. The van der Waals surface area contributed by atoms with E-state index in [-0.39, 0.29) is 28.6 Å². The first-order chi connectivity index (χ1) is 11.9. The second-order valence-electron chi connectivity index (χ2n) is 7.68. The van der Waals surface area contributed by atoms with Gasteiger partial charge in [0.1, 0.15) is 29.7 Å². The number of aliphatic hydroxyl groups excluding tert-OH is 1. The largest absolute Gasteiger partial charge is 0.508 e. The lowest BCUT2D eigenvalue weighted by atomic mass is 9.58. The topological polar surface area (TPSA) is 107 Å². The van der Waals surface area contributed by atoms with E-state index in [1.54, 1.807) is 0 Å². The minimum atomic E-state index is -1.93. The number of hydrogen-bond acceptors (Lipinski definition) is 6. The second kappa shape index (κ2) is 4.58. The molecule has 6 nitrogen and oxygen atoms in total. The van der Waals surface area contributed by atoms with Gasteiger partial charge in [-0.05, 0) is 24.0 Å². The number of ketones is 2. The summed E-state index contributed by atoms with van der Waals surface area (Å²) in [5.74, 6) is -1.82. The lowest BCUT2D eigenvalue weighted by Crippen LogP contribution is -2.59. The van der Waals surface area contributed by atoms with Crippen molar-refractivity contribution in [1.29, 1.82) is 0 Å². The minimum Gasteiger partial charge on any atom is -0.508 e. The predicted octanol–water partition coefficient (Wildman–Crippen LogP) is 1.05. The Kier molecular flexibility index (Phi) is 2.79. The summed E-state index contributed by atoms with van der Waals surface area (Å²) in [6.07, 6.45) is -1.69. The highest BCUT2D eigenvalue weighted by atomic mass is 16.6. The third-order valence-electron chi connectivity index (χ3n) is 6.11. The Balaban J connectivity index is 1.77. The minimum absolute atomic E-state index is 0.0150. The quantitative estimate of drug-likeness (QED) is 0.608. The number of rotatable bonds is 0. The number of carbonyl (C=O) groups excluding carboxylic acids is 2. The highest BCUT2D eigenvalue weighted by Crippen LogP contribution is 2.60. The number of Topliss-reactive ketones (excluding diaryl/α,β-unsaturated/α-hetero) is 2. The molecule has 0 bridgehead atoms. The van der Waals surface area contributed by atoms with Gasteiger partial charge in [-0.1, -0.05) is 19.1 Å². The summed E-state index contributed by atoms with van der Waals surface area (Å²) in [5, 5.41) is 32.3. The number of fused-ring (bicyclic) bond motifs is 6. The van der Waals surface area contributed by atoms with E-state index in [9.17, 15) is 24.9 Å². The van der Waals surface area contributed by atoms with Crippen molar-refractivity contribution in [2.24, 2.45) is 11.8 Å². The van der Waals surface area contributed by atoms with Gasteiger partial charge in [-0.25, -0.2) is 0 Å². The molecule has 1 aliphatic heterocycles. The molecule has 6 heteroatoms. The van der Waals surface area contributed by atoms with Gasteiger partial charge in [-0.15, -0.1) is 0 Å². The molecule has 3 aliphatic carbocycles. The number of phenols is 1. The first-order valence-electron chi connectivity index (χ1n) is 8.53. The summed E-state index contributed by atoms with van der Waals surface area (Å²) in [6, 6.07) is 4.39. The summed E-state index contributed by atoms with van der Waals surface area (Å²) in [4.78, 5) is 25.9. The zero-order valence-corrected chi connectivity index (χ0v) is 13.6. The van der Waals surface area contributed by atoms with Crippen molar-refractivity contribution < 1.29 is 29.6 Å². The highest BCUT2D eigenvalue weighted by Gasteiger charge is 2.71. The van der Waals surface area contributed by atoms with E-state index in [4.69, 9.17) is 4.74 Å². The number of phenolic OH excluding ortho intramolecular Hbond substituents is 1. The zero-order chi connectivity index (χ0) is 17.7. The number of ether oxygens (including phenoxy) is 1. The van der Waals surface area contributed by atoms with Crippen molar-refractivity contribution in [3.63, 3.8) is 0 Å². The molecule has 1 aromatic carbocycles. The van der Waals surface area contributed by atoms with E-state index in [2.05, 4.69) is 0 Å². The molecule has 0 unspecified atom stereocenters. The van der Waals surface area contributed by atoms with Crippen LogP contribution in [-0.4, -0.2) is 44.7 Å². The monoisotopic (exact) mass is 342 g/mol. The SMILES string of the molecule is C[C@@H]1CC(=O)C2=C(C1)[C@H]1O[C@H]1[C@]1(O)[C@H]2C(=O)c2cccc(O)c2[C@@H]1O. The van der Waals surface area contributed by atoms with Crippen molar-refractivity contribution >= 4 is 11.6 Å². The number of aliphatic hydroxyl groups is 2. The van der Waals surface area contributed by atoms with Gasteiger partial charge in [0.05, 0.1) is 5.92 Å². The zero-order valence-electron chi connectivity index (χ0n) is 13.6. The molecule has 130 valence electrons. The van der Waals surface area contributed by atoms with Gasteiger partial charge < -0.3 is 20.1 Å². The predicted molar refractivity (Wildman–Crippen MR) is 84.9 cm³/mol. The molecule has 4 aliphatic rings. The lowest BCUT2D eigenvalue weighted by Gasteiger charge is -2.46. The third-order valence-corrected chi connectivity index (χ3v) is 6.11. The van der Waals surface area contributed by atoms with E-state index in [0.717, 1.165) is 5.57 Å². The summed E-state index contributed by atoms with van der Waals surface area (Å²) >= 11 is 0. The van der Waals surface area contributed by atoms with Gasteiger partial charge in [-0.3, -0.25) is 9.59 Å². The first-order valence-corrected chi connectivity index (χ1v) is 8.53. The fourth-order valence-electron chi connectivity index (χ4n) is 5.00. The number of aromatic hydroxyl groups is 1. The van der Waals surface area contributed by atoms with E-state index < -0.39 is 35.6 Å². The Bertz CT molecular complexity index is 871. The molecular weight excluding hydrogens is 324 g/mol. The van der Waals surface area contributed by atoms with Gasteiger partial charge in [0, 0.05) is 23.1 Å². The molecule has 0 spiro atoms. The molecule has 0 aromatic heterocycles. The second-order valence-corrected chi connectivity index (χ2v) is 7.68. The van der Waals surface area contributed by atoms with Gasteiger partial charge in [0.15, 0.2) is 11.6 Å². The molecule has 1 fully saturated rings. The molecule has 1 aromatic rings. The average molecular weight is 342 g/mol. The smallest absolute Gasteiger partial charge is 0.174 e. The van der Waals surface area contributed by atoms with Crippen molar-refractivity contribution in [3.8, 4) is 5.75 Å². The summed E-state index contributed by atoms with van der Waals surface area (Å²) < 4.78 is 5.64. The maximum absolute atomic E-state index is 13.2. The lowest BCUT2D eigenvalue weighted by molar-refractivity contribution is -0.130. The number of epoxide rings is 1. The van der Waals surface area contributed by atoms with Crippen molar-refractivity contribution in [2.45, 2.75) is 43.7 Å². The number of benzene rings is 1. The van der Waals surface area contributed by atoms with Crippen LogP contribution in [0.15, 0.2) is 29.3 Å². The molecule has 25 heavy (non-hydrogen) atoms. The summed E-state index contributed by atoms with van der Waals surface area (Å²) in [7, 11) is 0. The molecule has 1 saturated heterocycles. The van der Waals surface area contributed by atoms with Gasteiger partial charge >= 0.3 is 0 Å². The molecule has 0 saturated carbocycles. The van der Waals surface area contributed by atoms with Crippen LogP contribution >= 0.6 is 0 Å². The van der Waals surface area contributed by atoms with Crippen LogP contribution in [0, 0.1) is 11.8 Å². The maximum atomic E-state index is 13.2. The molecule has 0 amide bonds. The van der Waals surface area contributed by atoms with Crippen LogP contribution in [0.3, 0.4) is 0 Å². The van der Waals surface area contributed by atoms with Gasteiger partial charge in [0.25, 0.3) is 0 Å². The Morgan fingerprint density at radius 1 is 1.24 bits per heavy atom. The van der Waals surface area contributed by atoms with Crippen LogP contribution < -0.4 is 0 Å². The first kappa shape index (κ1) is 15.3. The highest BCUT2D eigenvalue weighted by molar-refractivity contribution is 6.11. The Labute approximate surface area is 143 Å². The normalized spacial score (nSPS) is 41.6. The Hall–Kier alpha value is -2.02. The summed E-state index contributed by atoms with van der Waals surface area (Å²) in [5.41, 5.74) is -0.645. The van der Waals surface area contributed by atoms with Crippen LogP contribution in [0.1, 0.15) is 41.8 Å². The third kappa shape index (κ3) is 1.69. The molecular formula is C19H18O6. The Morgan fingerprint density at radius 2 is 2.00 bits per heavy atom. The van der Waals surface area contributed by atoms with Crippen molar-refractivity contribution in [3.05, 3.63) is 40.5 Å². The summed E-state index contributed by atoms with van der Waals surface area (Å²) in [6.45, 7) is 1.98. The maximum Gasteiger partial charge on any atom is 0.174 e. The molecule has 5 rings (SSSR count). The Morgan fingerprint density at radius 3 is 2.76 bits per heavy atom. The van der Waals surface area contributed by atoms with Crippen LogP contribution in [0.4, 0.5) is 0 Å². The van der Waals surface area contributed by atoms with E-state index >= 15 is 0 Å². The standard InChI is InChI=1S/C19H18O6/c1-7-5-9-12(11(21)6-7)14-15(22)8-3-2-4-10(20)13(8)17(23)19(14,24)18-16(9)25-18/h2-4,7,14,16-18,20,23-24H,5-6H2,1H3/t7-,14+,16+,17-,18+,19-/m0/s1. The van der Waals surface area contributed by atoms with Crippen LogP contribution in [-0.2, 0) is 9.53 Å². The fraction of sp³-hybridized carbons (Fsp3) is 0.474. The van der Waals surface area contributed by atoms with Crippen molar-refractivity contribution in [2.75, 3.05) is 0 Å². The van der Waals surface area contributed by atoms with E-state index in [1.165, 1.54) is 18.2 Å². The van der Waals surface area contributed by atoms with Crippen LogP contribution in [0.5, 0.6) is 5.75 Å². The van der Waals surface area contributed by atoms with Crippen LogP contribution in [0.25, 0.3) is 0 Å². The average Bonchev–Trinajstić information content (AvgIpc) is 3.35. The molecule has 1 heterocycles. The fourth-order valence-corrected chi connectivity index (χ4v) is 5.00. The molecule has 0 radical (unpaired) electrons. The van der Waals surface area contributed by atoms with Crippen LogP contribution in [0.2, 0.25) is 0 Å². The van der Waals surface area contributed by atoms with E-state index in [1.807, 2.05) is 6.92 Å². The number of carbonyl (C=O) groups is 2. The van der Waals surface area contributed by atoms with Crippen molar-refractivity contribution in [1.82, 2.24) is 0 Å².